The summed E-state index contributed by atoms with van der Waals surface area (Å²) >= 11 is 0. The molecule has 20 heavy (non-hydrogen) atoms. The summed E-state index contributed by atoms with van der Waals surface area (Å²) in [4.78, 5) is 20.0. The molecule has 2 heterocycles. The third-order valence-corrected chi connectivity index (χ3v) is 2.68. The van der Waals surface area contributed by atoms with Gasteiger partial charge in [-0.05, 0) is 6.07 Å². The Morgan fingerprint density at radius 2 is 2.15 bits per heavy atom. The van der Waals surface area contributed by atoms with Gasteiger partial charge in [0.2, 0.25) is 18.1 Å². The summed E-state index contributed by atoms with van der Waals surface area (Å²) in [7, 11) is 0. The van der Waals surface area contributed by atoms with Gasteiger partial charge in [-0.1, -0.05) is 26.8 Å². The Morgan fingerprint density at radius 3 is 2.70 bits per heavy atom. The number of pyridine rings is 1. The molecule has 0 N–H and O–H groups in total. The fraction of sp³-hybridized carbons (Fsp3) is 0.357. The van der Waals surface area contributed by atoms with Crippen LogP contribution in [0.25, 0.3) is 0 Å². The van der Waals surface area contributed by atoms with Gasteiger partial charge >= 0.3 is 0 Å². The summed E-state index contributed by atoms with van der Waals surface area (Å²) in [5.74, 6) is -0.752. The smallest absolute Gasteiger partial charge is 0.238 e. The van der Waals surface area contributed by atoms with Crippen molar-refractivity contribution in [2.75, 3.05) is 0 Å². The Labute approximate surface area is 116 Å². The normalized spacial score (nSPS) is 13.0. The number of ketones is 1. The lowest BCUT2D eigenvalue weighted by Gasteiger charge is -2.25. The number of rotatable bonds is 4. The lowest BCUT2D eigenvalue weighted by atomic mass is 9.89. The molecule has 0 aliphatic carbocycles. The molecular weight excluding hydrogens is 261 g/mol. The molecule has 0 saturated carbocycles. The summed E-state index contributed by atoms with van der Waals surface area (Å²) in [6.07, 6.45) is 3.72. The molecule has 0 saturated heterocycles. The number of carbonyl (C=O) groups is 1. The van der Waals surface area contributed by atoms with Crippen molar-refractivity contribution in [1.29, 1.82) is 0 Å². The Bertz CT molecular complexity index is 591. The van der Waals surface area contributed by atoms with Crippen LogP contribution in [0.4, 0.5) is 4.39 Å². The molecule has 5 nitrogen and oxygen atoms in total. The van der Waals surface area contributed by atoms with E-state index in [-0.39, 0.29) is 11.7 Å². The number of halogens is 1. The van der Waals surface area contributed by atoms with E-state index in [0.29, 0.717) is 0 Å². The molecule has 0 spiro atoms. The van der Waals surface area contributed by atoms with Gasteiger partial charge in [-0.3, -0.25) is 9.36 Å². The molecule has 106 valence electrons. The van der Waals surface area contributed by atoms with Crippen molar-refractivity contribution in [2.24, 2.45) is 5.41 Å². The van der Waals surface area contributed by atoms with Crippen LogP contribution in [0.15, 0.2) is 36.9 Å². The standard InChI is InChI=1S/C14H16FN3O2/c1-14(2,3)12(19)13(18-8-7-16-9-18)20-11-6-4-5-10(15)17-11/h4-9,13H,1-3H3. The molecule has 0 radical (unpaired) electrons. The molecular formula is C14H16FN3O2. The molecule has 0 bridgehead atoms. The van der Waals surface area contributed by atoms with Crippen LogP contribution in [-0.4, -0.2) is 20.3 Å². The van der Waals surface area contributed by atoms with Gasteiger partial charge in [-0.2, -0.15) is 9.37 Å². The van der Waals surface area contributed by atoms with Gasteiger partial charge in [-0.25, -0.2) is 4.98 Å². The Kier molecular flexibility index (Phi) is 3.83. The summed E-state index contributed by atoms with van der Waals surface area (Å²) in [5.41, 5.74) is -0.609. The number of hydrogen-bond acceptors (Lipinski definition) is 4. The number of carbonyl (C=O) groups excluding carboxylic acids is 1. The molecule has 0 aliphatic rings. The highest BCUT2D eigenvalue weighted by Crippen LogP contribution is 2.25. The molecule has 1 atom stereocenters. The maximum absolute atomic E-state index is 13.1. The second-order valence-electron chi connectivity index (χ2n) is 5.39. The minimum atomic E-state index is -0.924. The van der Waals surface area contributed by atoms with E-state index < -0.39 is 17.6 Å². The van der Waals surface area contributed by atoms with Crippen molar-refractivity contribution in [1.82, 2.24) is 14.5 Å². The van der Waals surface area contributed by atoms with E-state index in [4.69, 9.17) is 4.74 Å². The highest BCUT2D eigenvalue weighted by Gasteiger charge is 2.32. The number of hydrogen-bond donors (Lipinski definition) is 0. The monoisotopic (exact) mass is 277 g/mol. The molecule has 0 amide bonds. The molecule has 2 aromatic rings. The zero-order valence-electron chi connectivity index (χ0n) is 11.6. The average Bonchev–Trinajstić information content (AvgIpc) is 2.87. The van der Waals surface area contributed by atoms with Gasteiger partial charge < -0.3 is 4.74 Å². The Morgan fingerprint density at radius 1 is 1.40 bits per heavy atom. The number of aromatic nitrogens is 3. The molecule has 6 heteroatoms. The zero-order chi connectivity index (χ0) is 14.8. The maximum atomic E-state index is 13.1. The zero-order valence-corrected chi connectivity index (χ0v) is 11.6. The van der Waals surface area contributed by atoms with Gasteiger partial charge in [0.1, 0.15) is 0 Å². The topological polar surface area (TPSA) is 57.0 Å². The van der Waals surface area contributed by atoms with E-state index in [1.807, 2.05) is 0 Å². The second kappa shape index (κ2) is 5.40. The van der Waals surface area contributed by atoms with Gasteiger partial charge in [-0.15, -0.1) is 0 Å². The van der Waals surface area contributed by atoms with E-state index in [2.05, 4.69) is 9.97 Å². The van der Waals surface area contributed by atoms with Gasteiger partial charge in [0.25, 0.3) is 0 Å². The third kappa shape index (κ3) is 3.20. The quantitative estimate of drug-likeness (QED) is 0.806. The molecule has 0 aromatic carbocycles. The summed E-state index contributed by atoms with van der Waals surface area (Å²) in [5, 5.41) is 0. The molecule has 0 fully saturated rings. The highest BCUT2D eigenvalue weighted by atomic mass is 19.1. The van der Waals surface area contributed by atoms with E-state index >= 15 is 0 Å². The second-order valence-corrected chi connectivity index (χ2v) is 5.39. The minimum absolute atomic E-state index is 0.0568. The number of Topliss-reactive ketones (excluding diaryl/α,β-unsaturated/α-hetero) is 1. The predicted octanol–water partition coefficient (Wildman–Crippen LogP) is 2.61. The lowest BCUT2D eigenvalue weighted by Crippen LogP contribution is -2.33. The van der Waals surface area contributed by atoms with Crippen LogP contribution < -0.4 is 4.74 Å². The van der Waals surface area contributed by atoms with Crippen LogP contribution in [0.5, 0.6) is 5.88 Å². The van der Waals surface area contributed by atoms with E-state index in [1.165, 1.54) is 29.1 Å². The molecule has 0 aliphatic heterocycles. The van der Waals surface area contributed by atoms with Crippen molar-refractivity contribution >= 4 is 5.78 Å². The molecule has 1 unspecified atom stereocenters. The Balaban J connectivity index is 2.31. The van der Waals surface area contributed by atoms with Crippen molar-refractivity contribution in [3.05, 3.63) is 42.9 Å². The number of imidazole rings is 1. The van der Waals surface area contributed by atoms with Gasteiger partial charge in [0.15, 0.2) is 5.78 Å². The van der Waals surface area contributed by atoms with Crippen LogP contribution >= 0.6 is 0 Å². The molecule has 2 aromatic heterocycles. The SMILES string of the molecule is CC(C)(C)C(=O)C(Oc1cccc(F)n1)n1ccnc1. The first-order valence-electron chi connectivity index (χ1n) is 6.19. The van der Waals surface area contributed by atoms with Gasteiger partial charge in [0.05, 0.1) is 6.33 Å². The summed E-state index contributed by atoms with van der Waals surface area (Å²) < 4.78 is 20.2. The summed E-state index contributed by atoms with van der Waals surface area (Å²) in [6, 6.07) is 4.19. The maximum Gasteiger partial charge on any atom is 0.238 e. The average molecular weight is 277 g/mol. The first kappa shape index (κ1) is 14.2. The van der Waals surface area contributed by atoms with Crippen molar-refractivity contribution in [3.63, 3.8) is 0 Å². The van der Waals surface area contributed by atoms with E-state index in [9.17, 15) is 9.18 Å². The first-order valence-corrected chi connectivity index (χ1v) is 6.19. The molecule has 2 rings (SSSR count). The lowest BCUT2D eigenvalue weighted by molar-refractivity contribution is -0.137. The van der Waals surface area contributed by atoms with Crippen molar-refractivity contribution in [3.8, 4) is 5.88 Å². The summed E-state index contributed by atoms with van der Waals surface area (Å²) in [6.45, 7) is 5.38. The highest BCUT2D eigenvalue weighted by molar-refractivity contribution is 5.86. The van der Waals surface area contributed by atoms with Crippen molar-refractivity contribution in [2.45, 2.75) is 27.0 Å². The van der Waals surface area contributed by atoms with Crippen LogP contribution in [0.3, 0.4) is 0 Å². The predicted molar refractivity (Wildman–Crippen MR) is 70.5 cm³/mol. The third-order valence-electron chi connectivity index (χ3n) is 2.68. The van der Waals surface area contributed by atoms with E-state index in [0.717, 1.165) is 0 Å². The van der Waals surface area contributed by atoms with E-state index in [1.54, 1.807) is 33.2 Å². The minimum Gasteiger partial charge on any atom is -0.446 e. The number of nitrogens with zero attached hydrogens (tertiary/aromatic N) is 3. The van der Waals surface area contributed by atoms with Gasteiger partial charge in [0, 0.05) is 23.9 Å². The Hall–Kier alpha value is -2.24. The van der Waals surface area contributed by atoms with Crippen LogP contribution in [-0.2, 0) is 4.79 Å². The number of ether oxygens (including phenoxy) is 1. The van der Waals surface area contributed by atoms with Crippen LogP contribution in [0, 0.1) is 11.4 Å². The first-order chi connectivity index (χ1) is 9.38. The van der Waals surface area contributed by atoms with Crippen LogP contribution in [0.1, 0.15) is 27.0 Å². The fourth-order valence-corrected chi connectivity index (χ4v) is 1.60. The van der Waals surface area contributed by atoms with Crippen LogP contribution in [0.2, 0.25) is 0 Å². The van der Waals surface area contributed by atoms with Crippen molar-refractivity contribution < 1.29 is 13.9 Å². The fourth-order valence-electron chi connectivity index (χ4n) is 1.60. The largest absolute Gasteiger partial charge is 0.446 e.